The zero-order chi connectivity index (χ0) is 85.3. The van der Waals surface area contributed by atoms with Crippen molar-refractivity contribution < 1.29 is 78.6 Å². The minimum absolute atomic E-state index is 0. The molecule has 1 N–H and O–H groups in total. The van der Waals surface area contributed by atoms with Crippen LogP contribution in [0.25, 0.3) is 54.5 Å². The Labute approximate surface area is 740 Å². The van der Waals surface area contributed by atoms with Gasteiger partial charge in [-0.05, 0) is 87.2 Å². The van der Waals surface area contributed by atoms with Gasteiger partial charge in [0.25, 0.3) is 0 Å². The molecule has 0 amide bonds. The maximum absolute atomic E-state index is 12.3. The summed E-state index contributed by atoms with van der Waals surface area (Å²) in [6.07, 6.45) is 10.2. The fraction of sp³-hybridized carbons (Fsp3) is 0.263. The van der Waals surface area contributed by atoms with Gasteiger partial charge in [-0.15, -0.1) is 0 Å². The van der Waals surface area contributed by atoms with Gasteiger partial charge in [0.1, 0.15) is 8.53 Å². The van der Waals surface area contributed by atoms with Crippen LogP contribution in [-0.4, -0.2) is 120 Å². The van der Waals surface area contributed by atoms with Crippen molar-refractivity contribution >= 4 is 123 Å². The van der Waals surface area contributed by atoms with Gasteiger partial charge in [0.15, 0.2) is 24.2 Å². The number of nitrogens with one attached hydrogen (secondary N) is 1. The fourth-order valence-electron chi connectivity index (χ4n) is 11.7. The van der Waals surface area contributed by atoms with Crippen LogP contribution in [0.4, 0.5) is 0 Å². The second kappa shape index (κ2) is 56.4. The molecule has 616 valence electrons. The third-order valence-electron chi connectivity index (χ3n) is 17.2. The Morgan fingerprint density at radius 1 is 0.356 bits per heavy atom. The quantitative estimate of drug-likeness (QED) is 0.0261. The number of methoxy groups -OCH3 is 5. The second-order valence-corrected chi connectivity index (χ2v) is 26.4. The van der Waals surface area contributed by atoms with Crippen LogP contribution in [0.2, 0.25) is 0 Å². The predicted molar refractivity (Wildman–Crippen MR) is 485 cm³/mol. The summed E-state index contributed by atoms with van der Waals surface area (Å²) < 4.78 is 32.3. The average Bonchev–Trinajstić information content (AvgIpc) is 1.56. The number of para-hydroxylation sites is 2. The Morgan fingerprint density at radius 3 is 1.05 bits per heavy atom. The SMILES string of the molecule is CC.CC.CC.CC.CC.COC(=O)C(Br)Cc1ccccc1.COC(=O)C(Cc1ccccc1)n1cc2ccccc2n1.COC(=O)C(Cc1ccccc1)n1cc2ccccc2n1.COC(=O)C(Cc1ccccc1)n1nc2ccccc2c1I.COC(=O)C(Cc1ccccc1)n1ncc2ccccc21.[H-].[Na+].c1ccc2[nH]ncc2c1. The van der Waals surface area contributed by atoms with Gasteiger partial charge in [-0.1, -0.05) is 328 Å². The second-order valence-electron chi connectivity index (χ2n) is 24.3. The molecule has 5 heterocycles. The van der Waals surface area contributed by atoms with E-state index in [4.69, 9.17) is 18.9 Å². The molecule has 15 rings (SSSR count). The zero-order valence-electron chi connectivity index (χ0n) is 71.6. The van der Waals surface area contributed by atoms with Gasteiger partial charge in [-0.3, -0.25) is 23.9 Å². The van der Waals surface area contributed by atoms with Gasteiger partial charge in [0.05, 0.1) is 75.5 Å². The molecule has 15 aromatic rings. The van der Waals surface area contributed by atoms with Crippen molar-refractivity contribution in [3.8, 4) is 0 Å². The van der Waals surface area contributed by atoms with Crippen molar-refractivity contribution in [1.29, 1.82) is 0 Å². The third-order valence-corrected chi connectivity index (χ3v) is 19.0. The van der Waals surface area contributed by atoms with E-state index in [2.05, 4.69) is 73.8 Å². The van der Waals surface area contributed by atoms with Crippen LogP contribution in [-0.2, 0) is 79.8 Å². The monoisotopic (exact) mass is 1780 g/mol. The molecule has 5 aromatic heterocycles. The Hall–Kier alpha value is -10.9. The molecular formula is C95H111BrIN10NaO10. The number of carbonyl (C=O) groups excluding carboxylic acids is 5. The Kier molecular flexibility index (Phi) is 47.6. The molecule has 0 aliphatic rings. The van der Waals surface area contributed by atoms with E-state index in [0.29, 0.717) is 32.1 Å². The summed E-state index contributed by atoms with van der Waals surface area (Å²) >= 11 is 5.50. The molecule has 0 bridgehead atoms. The molecule has 0 aliphatic heterocycles. The number of hydrogen-bond donors (Lipinski definition) is 1. The Bertz CT molecular complexity index is 5070. The number of alkyl halides is 1. The first-order valence-corrected chi connectivity index (χ1v) is 41.3. The van der Waals surface area contributed by atoms with Crippen molar-refractivity contribution in [1.82, 2.24) is 49.3 Å². The van der Waals surface area contributed by atoms with E-state index in [1.165, 1.54) is 35.5 Å². The number of halogens is 2. The van der Waals surface area contributed by atoms with Crippen LogP contribution in [0, 0.1) is 3.70 Å². The Morgan fingerprint density at radius 2 is 0.669 bits per heavy atom. The fourth-order valence-corrected chi connectivity index (χ4v) is 13.1. The maximum Gasteiger partial charge on any atom is 1.00 e. The predicted octanol–water partition coefficient (Wildman–Crippen LogP) is 18.6. The number of fused-ring (bicyclic) bond motifs is 5. The number of carbonyl (C=O) groups is 5. The van der Waals surface area contributed by atoms with Crippen LogP contribution >= 0.6 is 38.5 Å². The van der Waals surface area contributed by atoms with Gasteiger partial charge in [-0.25, -0.2) is 23.9 Å². The van der Waals surface area contributed by atoms with Gasteiger partial charge < -0.3 is 25.1 Å². The van der Waals surface area contributed by atoms with Crippen molar-refractivity contribution in [2.45, 2.75) is 130 Å². The van der Waals surface area contributed by atoms with E-state index in [0.717, 1.165) is 86.0 Å². The first-order chi connectivity index (χ1) is 57.2. The topological polar surface area (TPSA) is 231 Å². The van der Waals surface area contributed by atoms with E-state index in [1.807, 2.05) is 361 Å². The first-order valence-electron chi connectivity index (χ1n) is 39.3. The van der Waals surface area contributed by atoms with E-state index in [9.17, 15) is 24.0 Å². The molecule has 118 heavy (non-hydrogen) atoms. The summed E-state index contributed by atoms with van der Waals surface area (Å²) in [4.78, 5) is 59.5. The molecule has 0 spiro atoms. The van der Waals surface area contributed by atoms with Gasteiger partial charge in [0, 0.05) is 65.0 Å². The molecule has 0 saturated heterocycles. The third kappa shape index (κ3) is 30.6. The molecule has 0 fully saturated rings. The molecule has 0 saturated carbocycles. The molecule has 5 unspecified atom stereocenters. The van der Waals surface area contributed by atoms with Crippen LogP contribution in [0.15, 0.2) is 298 Å². The number of aromatic amines is 1. The minimum atomic E-state index is -0.466. The summed E-state index contributed by atoms with van der Waals surface area (Å²) in [6, 6.07) is 86.9. The van der Waals surface area contributed by atoms with E-state index in [1.54, 1.807) is 24.9 Å². The average molecular weight is 1780 g/mol. The van der Waals surface area contributed by atoms with Crippen LogP contribution in [0.5, 0.6) is 0 Å². The van der Waals surface area contributed by atoms with E-state index >= 15 is 0 Å². The normalized spacial score (nSPS) is 11.2. The largest absolute Gasteiger partial charge is 1.00 e. The number of aromatic nitrogens is 10. The minimum Gasteiger partial charge on any atom is -1.00 e. The van der Waals surface area contributed by atoms with Gasteiger partial charge in [0.2, 0.25) is 0 Å². The van der Waals surface area contributed by atoms with Crippen LogP contribution in [0.1, 0.15) is 123 Å². The number of benzene rings is 10. The molecular weight excluding hydrogens is 1670 g/mol. The molecule has 0 aliphatic carbocycles. The van der Waals surface area contributed by atoms with Crippen LogP contribution in [0.3, 0.4) is 0 Å². The van der Waals surface area contributed by atoms with Gasteiger partial charge >= 0.3 is 59.4 Å². The number of nitrogens with zero attached hydrogens (tertiary/aromatic N) is 9. The zero-order valence-corrected chi connectivity index (χ0v) is 76.3. The number of hydrogen-bond acceptors (Lipinski definition) is 15. The molecule has 10 aromatic carbocycles. The molecule has 20 nitrogen and oxygen atoms in total. The van der Waals surface area contributed by atoms with Crippen molar-refractivity contribution in [2.24, 2.45) is 0 Å². The van der Waals surface area contributed by atoms with E-state index < -0.39 is 24.2 Å². The molecule has 5 atom stereocenters. The summed E-state index contributed by atoms with van der Waals surface area (Å²) in [6.45, 7) is 20.0. The summed E-state index contributed by atoms with van der Waals surface area (Å²) in [5.41, 5.74) is 10.1. The summed E-state index contributed by atoms with van der Waals surface area (Å²) in [5, 5.41) is 29.9. The smallest absolute Gasteiger partial charge is 1.00 e. The summed E-state index contributed by atoms with van der Waals surface area (Å²) in [7, 11) is 7.02. The molecule has 23 heteroatoms. The van der Waals surface area contributed by atoms with Crippen molar-refractivity contribution in [3.63, 3.8) is 0 Å². The van der Waals surface area contributed by atoms with Crippen molar-refractivity contribution in [3.05, 3.63) is 329 Å². The van der Waals surface area contributed by atoms with E-state index in [-0.39, 0.29) is 65.7 Å². The number of H-pyrrole nitrogens is 1. The standard InChI is InChI=1S/C17H15IN2O2.3C17H16N2O2.C10H11BrO2.C7H6N2.5C2H6.Na.H/c1-22-17(21)15(11-12-7-3-2-4-8-12)20-16(18)13-9-5-6-10-14(13)19-20;2*1-21-17(20)16(11-13-7-3-2-4-8-13)19-12-14-9-5-6-10-15(14)18-19;1-21-17(20)16(11-13-7-3-2-4-8-13)19-15-10-6-5-9-14(15)12-18-19;1-13-10(12)9(11)7-8-5-3-2-4-6-8;1-2-4-7-6(3-1)5-8-9-7;5*1-2;;/h2-10,15H,11H2,1H3;3*2-10,12,16H,11H2,1H3;2-6,9H,7H2,1H3;1-5H,(H,8,9);5*1-2H3;;/q;;;;;;;;;;;+1;-1. The number of esters is 5. The van der Waals surface area contributed by atoms with Gasteiger partial charge in [-0.2, -0.15) is 25.5 Å². The van der Waals surface area contributed by atoms with Crippen LogP contribution < -0.4 is 29.6 Å². The number of rotatable bonds is 19. The number of ether oxygens (including phenoxy) is 5. The van der Waals surface area contributed by atoms with Crippen molar-refractivity contribution in [2.75, 3.05) is 35.5 Å². The first kappa shape index (κ1) is 99.5. The summed E-state index contributed by atoms with van der Waals surface area (Å²) in [5.74, 6) is -1.37. The Balaban J connectivity index is 0.000000365. The molecule has 0 radical (unpaired) electrons. The maximum atomic E-state index is 12.3.